The number of carbonyl (C=O) groups is 1. The number of carbonyl (C=O) groups excluding carboxylic acids is 1. The Bertz CT molecular complexity index is 977. The zero-order valence-corrected chi connectivity index (χ0v) is 40.6. The van der Waals surface area contributed by atoms with Crippen LogP contribution in [-0.2, 0) is 27.9 Å². The Morgan fingerprint density at radius 1 is 0.500 bits per heavy atom. The molecule has 3 N–H and O–H groups in total. The number of hydrogen-bond acceptors (Lipinski definition) is 7. The first kappa shape index (κ1) is 59.0. The molecule has 0 aliphatic rings. The van der Waals surface area contributed by atoms with Crippen molar-refractivity contribution in [3.8, 4) is 0 Å². The normalized spacial score (nSPS) is 13.5. The molecule has 356 valence electrons. The Labute approximate surface area is 372 Å². The topological polar surface area (TPSA) is 117 Å². The third-order valence-corrected chi connectivity index (χ3v) is 12.4. The van der Waals surface area contributed by atoms with Crippen molar-refractivity contribution in [2.75, 3.05) is 33.0 Å². The molecule has 0 aliphatic carbocycles. The SMILES string of the molecule is CCCCC/C=C\C/C=C\CCCCCCCCCCCCOCC(COP(=O)(O)OCCN)OC(=O)CCCCCCCCCCCCCCCCCCCCCCC. The van der Waals surface area contributed by atoms with Crippen molar-refractivity contribution in [2.45, 2.75) is 264 Å². The van der Waals surface area contributed by atoms with Crippen molar-refractivity contribution < 1.29 is 32.8 Å². The van der Waals surface area contributed by atoms with Crippen molar-refractivity contribution >= 4 is 13.8 Å². The predicted molar refractivity (Wildman–Crippen MR) is 257 cm³/mol. The largest absolute Gasteiger partial charge is 0.472 e. The lowest BCUT2D eigenvalue weighted by Gasteiger charge is -2.20. The molecule has 0 aliphatic heterocycles. The molecule has 0 aromatic heterocycles. The Morgan fingerprint density at radius 2 is 0.883 bits per heavy atom. The molecular formula is C51H100NO7P. The second-order valence-corrected chi connectivity index (χ2v) is 18.8. The van der Waals surface area contributed by atoms with E-state index in [1.807, 2.05) is 0 Å². The van der Waals surface area contributed by atoms with Crippen LogP contribution in [0.1, 0.15) is 258 Å². The van der Waals surface area contributed by atoms with Crippen LogP contribution in [0, 0.1) is 0 Å². The van der Waals surface area contributed by atoms with E-state index >= 15 is 0 Å². The number of esters is 1. The average molecular weight is 870 g/mol. The predicted octanol–water partition coefficient (Wildman–Crippen LogP) is 16.0. The first-order chi connectivity index (χ1) is 29.4. The van der Waals surface area contributed by atoms with Gasteiger partial charge in [-0.05, 0) is 44.9 Å². The van der Waals surface area contributed by atoms with E-state index < -0.39 is 13.9 Å². The van der Waals surface area contributed by atoms with Crippen LogP contribution in [0.2, 0.25) is 0 Å². The van der Waals surface area contributed by atoms with E-state index in [2.05, 4.69) is 38.2 Å². The van der Waals surface area contributed by atoms with E-state index in [4.69, 9.17) is 24.3 Å². The minimum Gasteiger partial charge on any atom is -0.457 e. The second kappa shape index (κ2) is 49.0. The smallest absolute Gasteiger partial charge is 0.457 e. The number of allylic oxidation sites excluding steroid dienone is 4. The Balaban J connectivity index is 3.91. The molecule has 0 saturated heterocycles. The van der Waals surface area contributed by atoms with Gasteiger partial charge in [0, 0.05) is 19.6 Å². The van der Waals surface area contributed by atoms with Gasteiger partial charge in [-0.25, -0.2) is 4.57 Å². The fraction of sp³-hybridized carbons (Fsp3) is 0.902. The van der Waals surface area contributed by atoms with Gasteiger partial charge in [0.05, 0.1) is 19.8 Å². The van der Waals surface area contributed by atoms with Crippen molar-refractivity contribution in [3.05, 3.63) is 24.3 Å². The highest BCUT2D eigenvalue weighted by Crippen LogP contribution is 2.43. The van der Waals surface area contributed by atoms with Gasteiger partial charge in [-0.1, -0.05) is 231 Å². The molecule has 2 atom stereocenters. The van der Waals surface area contributed by atoms with E-state index in [1.54, 1.807) is 0 Å². The summed E-state index contributed by atoms with van der Waals surface area (Å²) in [5, 5.41) is 0. The van der Waals surface area contributed by atoms with E-state index in [1.165, 1.54) is 199 Å². The molecule has 0 rings (SSSR count). The average Bonchev–Trinajstić information content (AvgIpc) is 3.24. The number of nitrogens with two attached hydrogens (primary N) is 1. The maximum atomic E-state index is 12.7. The number of unbranched alkanes of at least 4 members (excludes halogenated alkanes) is 33. The highest BCUT2D eigenvalue weighted by atomic mass is 31.2. The summed E-state index contributed by atoms with van der Waals surface area (Å²) in [5.41, 5.74) is 5.39. The number of phosphoric ester groups is 1. The van der Waals surface area contributed by atoms with Crippen LogP contribution in [0.4, 0.5) is 0 Å². The summed E-state index contributed by atoms with van der Waals surface area (Å²) < 4.78 is 33.6. The summed E-state index contributed by atoms with van der Waals surface area (Å²) in [6.07, 6.45) is 56.4. The Hall–Kier alpha value is -1.02. The molecule has 0 bridgehead atoms. The molecule has 9 heteroatoms. The van der Waals surface area contributed by atoms with Gasteiger partial charge in [0.1, 0.15) is 6.10 Å². The summed E-state index contributed by atoms with van der Waals surface area (Å²) in [4.78, 5) is 22.6. The lowest BCUT2D eigenvalue weighted by atomic mass is 10.0. The van der Waals surface area contributed by atoms with E-state index in [-0.39, 0.29) is 32.3 Å². The van der Waals surface area contributed by atoms with Crippen LogP contribution in [0.5, 0.6) is 0 Å². The summed E-state index contributed by atoms with van der Waals surface area (Å²) in [6, 6.07) is 0. The maximum absolute atomic E-state index is 12.7. The van der Waals surface area contributed by atoms with Gasteiger partial charge in [-0.2, -0.15) is 0 Å². The van der Waals surface area contributed by atoms with Gasteiger partial charge >= 0.3 is 13.8 Å². The molecule has 0 aromatic carbocycles. The lowest BCUT2D eigenvalue weighted by molar-refractivity contribution is -0.154. The summed E-state index contributed by atoms with van der Waals surface area (Å²) in [5.74, 6) is -0.325. The first-order valence-electron chi connectivity index (χ1n) is 25.8. The van der Waals surface area contributed by atoms with Gasteiger partial charge < -0.3 is 20.1 Å². The van der Waals surface area contributed by atoms with Crippen LogP contribution in [-0.4, -0.2) is 49.9 Å². The van der Waals surface area contributed by atoms with Crippen molar-refractivity contribution in [3.63, 3.8) is 0 Å². The number of hydrogen-bond donors (Lipinski definition) is 2. The molecule has 60 heavy (non-hydrogen) atoms. The molecule has 0 aromatic rings. The van der Waals surface area contributed by atoms with Gasteiger partial charge in [0.15, 0.2) is 0 Å². The van der Waals surface area contributed by atoms with E-state index in [0.29, 0.717) is 13.0 Å². The fourth-order valence-corrected chi connectivity index (χ4v) is 8.32. The third kappa shape index (κ3) is 48.0. The molecule has 0 amide bonds. The quantitative estimate of drug-likeness (QED) is 0.0269. The molecular weight excluding hydrogens is 770 g/mol. The third-order valence-electron chi connectivity index (χ3n) is 11.4. The monoisotopic (exact) mass is 870 g/mol. The second-order valence-electron chi connectivity index (χ2n) is 17.4. The molecule has 2 unspecified atom stereocenters. The highest BCUT2D eigenvalue weighted by Gasteiger charge is 2.25. The number of rotatable bonds is 50. The zero-order chi connectivity index (χ0) is 43.7. The summed E-state index contributed by atoms with van der Waals surface area (Å²) in [7, 11) is -4.28. The van der Waals surface area contributed by atoms with Gasteiger partial charge in [0.25, 0.3) is 0 Å². The zero-order valence-electron chi connectivity index (χ0n) is 39.7. The molecule has 0 saturated carbocycles. The molecule has 0 heterocycles. The first-order valence-corrected chi connectivity index (χ1v) is 27.3. The Kier molecular flexibility index (Phi) is 48.2. The van der Waals surface area contributed by atoms with Crippen molar-refractivity contribution in [1.82, 2.24) is 0 Å². The van der Waals surface area contributed by atoms with Gasteiger partial charge in [-0.15, -0.1) is 0 Å². The van der Waals surface area contributed by atoms with E-state index in [9.17, 15) is 14.3 Å². The van der Waals surface area contributed by atoms with Crippen LogP contribution in [0.25, 0.3) is 0 Å². The van der Waals surface area contributed by atoms with Crippen LogP contribution in [0.15, 0.2) is 24.3 Å². The lowest BCUT2D eigenvalue weighted by Crippen LogP contribution is -2.28. The summed E-state index contributed by atoms with van der Waals surface area (Å²) >= 11 is 0. The summed E-state index contributed by atoms with van der Waals surface area (Å²) in [6.45, 7) is 4.95. The minimum absolute atomic E-state index is 0.0935. The van der Waals surface area contributed by atoms with E-state index in [0.717, 1.165) is 38.5 Å². The maximum Gasteiger partial charge on any atom is 0.472 e. The van der Waals surface area contributed by atoms with Gasteiger partial charge in [0.2, 0.25) is 0 Å². The molecule has 0 fully saturated rings. The molecule has 0 spiro atoms. The van der Waals surface area contributed by atoms with Crippen LogP contribution in [0.3, 0.4) is 0 Å². The van der Waals surface area contributed by atoms with Crippen molar-refractivity contribution in [1.29, 1.82) is 0 Å². The molecule has 0 radical (unpaired) electrons. The molecule has 8 nitrogen and oxygen atoms in total. The van der Waals surface area contributed by atoms with Crippen LogP contribution < -0.4 is 5.73 Å². The standard InChI is InChI=1S/C51H100NO7P/c1-3-5-7-9-11-13-15-17-19-21-23-25-26-28-30-32-34-36-38-40-42-44-51(53)59-50(49-58-60(54,55)57-47-45-52)48-56-46-43-41-39-37-35-33-31-29-27-24-22-20-18-16-14-12-10-8-6-4-2/h12,14,18,20,50H,3-11,13,15-17,19,21-49,52H2,1-2H3,(H,54,55)/b14-12-,20-18-. The van der Waals surface area contributed by atoms with Gasteiger partial charge in [-0.3, -0.25) is 13.8 Å². The fourth-order valence-electron chi connectivity index (χ4n) is 7.56. The Morgan fingerprint density at radius 3 is 1.33 bits per heavy atom. The minimum atomic E-state index is -4.28. The van der Waals surface area contributed by atoms with Crippen LogP contribution >= 0.6 is 7.82 Å². The number of phosphoric acid groups is 1. The highest BCUT2D eigenvalue weighted by molar-refractivity contribution is 7.47. The van der Waals surface area contributed by atoms with Crippen molar-refractivity contribution in [2.24, 2.45) is 5.73 Å². The number of ether oxygens (including phenoxy) is 2.